The summed E-state index contributed by atoms with van der Waals surface area (Å²) >= 11 is 0. The van der Waals surface area contributed by atoms with Crippen LogP contribution in [0.5, 0.6) is 0 Å². The molecule has 0 unspecified atom stereocenters. The first-order valence-electron chi connectivity index (χ1n) is 6.67. The Morgan fingerprint density at radius 2 is 2.14 bits per heavy atom. The van der Waals surface area contributed by atoms with Crippen LogP contribution in [-0.4, -0.2) is 17.4 Å². The number of carbonyl (C=O) groups is 1. The monoisotopic (exact) mass is 279 g/mol. The summed E-state index contributed by atoms with van der Waals surface area (Å²) in [4.78, 5) is 16.2. The highest BCUT2D eigenvalue weighted by Gasteiger charge is 2.07. The van der Waals surface area contributed by atoms with Gasteiger partial charge >= 0.3 is 0 Å². The highest BCUT2D eigenvalue weighted by Crippen LogP contribution is 2.07. The van der Waals surface area contributed by atoms with Crippen LogP contribution in [-0.2, 0) is 6.54 Å². The maximum Gasteiger partial charge on any atom is 0.253 e. The Kier molecular flexibility index (Phi) is 5.08. The third kappa shape index (κ3) is 4.16. The van der Waals surface area contributed by atoms with Crippen molar-refractivity contribution in [3.63, 3.8) is 0 Å². The molecule has 1 heterocycles. The maximum absolute atomic E-state index is 12.1. The van der Waals surface area contributed by atoms with Crippen LogP contribution in [0.25, 0.3) is 0 Å². The fourth-order valence-electron chi connectivity index (χ4n) is 1.87. The van der Waals surface area contributed by atoms with E-state index in [9.17, 15) is 4.79 Å². The molecule has 0 aliphatic rings. The van der Waals surface area contributed by atoms with Gasteiger partial charge in [-0.1, -0.05) is 36.1 Å². The molecule has 1 amide bonds. The molecule has 0 saturated carbocycles. The highest BCUT2D eigenvalue weighted by atomic mass is 16.1. The van der Waals surface area contributed by atoms with Crippen LogP contribution in [0.15, 0.2) is 42.7 Å². The van der Waals surface area contributed by atoms with E-state index >= 15 is 0 Å². The minimum atomic E-state index is -0.165. The zero-order valence-corrected chi connectivity index (χ0v) is 11.9. The van der Waals surface area contributed by atoms with Crippen LogP contribution >= 0.6 is 0 Å². The number of nitrogens with zero attached hydrogens (tertiary/aromatic N) is 1. The van der Waals surface area contributed by atoms with Crippen molar-refractivity contribution in [3.05, 3.63) is 65.0 Å². The van der Waals surface area contributed by atoms with Crippen molar-refractivity contribution in [2.75, 3.05) is 6.54 Å². The summed E-state index contributed by atoms with van der Waals surface area (Å²) in [7, 11) is 0. The highest BCUT2D eigenvalue weighted by molar-refractivity contribution is 5.94. The van der Waals surface area contributed by atoms with Crippen LogP contribution in [0.1, 0.15) is 27.0 Å². The number of aryl methyl sites for hydroxylation is 1. The fraction of sp³-hybridized carbons (Fsp3) is 0.176. The van der Waals surface area contributed by atoms with Gasteiger partial charge in [-0.25, -0.2) is 0 Å². The van der Waals surface area contributed by atoms with E-state index in [0.29, 0.717) is 17.7 Å². The van der Waals surface area contributed by atoms with Crippen molar-refractivity contribution in [2.24, 2.45) is 5.73 Å². The predicted octanol–water partition coefficient (Wildman–Crippen LogP) is 1.63. The summed E-state index contributed by atoms with van der Waals surface area (Å²) in [6, 6.07) is 9.66. The van der Waals surface area contributed by atoms with E-state index in [1.165, 1.54) is 6.20 Å². The number of aromatic nitrogens is 1. The molecule has 3 N–H and O–H groups in total. The Bertz CT molecular complexity index is 698. The average molecular weight is 279 g/mol. The van der Waals surface area contributed by atoms with Gasteiger partial charge in [0, 0.05) is 24.5 Å². The largest absolute Gasteiger partial charge is 0.348 e. The van der Waals surface area contributed by atoms with Crippen LogP contribution in [0.3, 0.4) is 0 Å². The van der Waals surface area contributed by atoms with Crippen molar-refractivity contribution in [1.29, 1.82) is 0 Å². The van der Waals surface area contributed by atoms with E-state index in [-0.39, 0.29) is 12.5 Å². The van der Waals surface area contributed by atoms with Crippen molar-refractivity contribution >= 4 is 5.91 Å². The number of nitrogens with one attached hydrogen (secondary N) is 1. The third-order valence-corrected chi connectivity index (χ3v) is 3.04. The zero-order chi connectivity index (χ0) is 15.1. The van der Waals surface area contributed by atoms with E-state index in [4.69, 9.17) is 5.73 Å². The molecule has 0 atom stereocenters. The third-order valence-electron chi connectivity index (χ3n) is 3.04. The topological polar surface area (TPSA) is 68.0 Å². The summed E-state index contributed by atoms with van der Waals surface area (Å²) in [6.45, 7) is 2.79. The second-order valence-electron chi connectivity index (χ2n) is 4.58. The second-order valence-corrected chi connectivity index (χ2v) is 4.58. The van der Waals surface area contributed by atoms with Crippen LogP contribution in [0.4, 0.5) is 0 Å². The van der Waals surface area contributed by atoms with E-state index in [2.05, 4.69) is 22.1 Å². The molecule has 21 heavy (non-hydrogen) atoms. The first-order chi connectivity index (χ1) is 10.2. The number of rotatable bonds is 3. The minimum Gasteiger partial charge on any atom is -0.348 e. The van der Waals surface area contributed by atoms with Gasteiger partial charge in [0.05, 0.1) is 12.1 Å². The molecule has 0 aliphatic heterocycles. The molecule has 1 aromatic heterocycles. The zero-order valence-electron chi connectivity index (χ0n) is 11.9. The molecule has 0 saturated heterocycles. The molecule has 0 aliphatic carbocycles. The van der Waals surface area contributed by atoms with Crippen molar-refractivity contribution in [1.82, 2.24) is 10.3 Å². The molecule has 2 rings (SSSR count). The molecule has 2 aromatic rings. The van der Waals surface area contributed by atoms with Gasteiger partial charge in [-0.15, -0.1) is 0 Å². The van der Waals surface area contributed by atoms with E-state index < -0.39 is 0 Å². The number of hydrogen-bond acceptors (Lipinski definition) is 3. The van der Waals surface area contributed by atoms with E-state index in [1.54, 1.807) is 12.3 Å². The lowest BCUT2D eigenvalue weighted by Crippen LogP contribution is -2.23. The Morgan fingerprint density at radius 1 is 1.33 bits per heavy atom. The van der Waals surface area contributed by atoms with E-state index in [1.807, 2.05) is 31.2 Å². The fourth-order valence-corrected chi connectivity index (χ4v) is 1.87. The summed E-state index contributed by atoms with van der Waals surface area (Å²) < 4.78 is 0. The van der Waals surface area contributed by atoms with Gasteiger partial charge in [-0.3, -0.25) is 9.78 Å². The molecular weight excluding hydrogens is 262 g/mol. The second kappa shape index (κ2) is 7.22. The summed E-state index contributed by atoms with van der Waals surface area (Å²) in [5.41, 5.74) is 8.75. The van der Waals surface area contributed by atoms with Crippen molar-refractivity contribution in [2.45, 2.75) is 13.5 Å². The summed E-state index contributed by atoms with van der Waals surface area (Å²) in [5, 5.41) is 2.89. The SMILES string of the molecule is Cc1ccccc1CNC(=O)c1cncc(C#CCN)c1. The van der Waals surface area contributed by atoms with Gasteiger partial charge in [-0.2, -0.15) is 0 Å². The Morgan fingerprint density at radius 3 is 2.90 bits per heavy atom. The Hall–Kier alpha value is -2.64. The summed E-state index contributed by atoms with van der Waals surface area (Å²) in [6.07, 6.45) is 3.14. The smallest absolute Gasteiger partial charge is 0.253 e. The van der Waals surface area contributed by atoms with Crippen LogP contribution < -0.4 is 11.1 Å². The van der Waals surface area contributed by atoms with Gasteiger partial charge in [0.25, 0.3) is 5.91 Å². The number of benzene rings is 1. The molecule has 4 heteroatoms. The Labute approximate surface area is 124 Å². The summed E-state index contributed by atoms with van der Waals surface area (Å²) in [5.74, 6) is 5.44. The number of amides is 1. The first kappa shape index (κ1) is 14.8. The van der Waals surface area contributed by atoms with Gasteiger partial charge < -0.3 is 11.1 Å². The number of carbonyl (C=O) groups excluding carboxylic acids is 1. The molecule has 4 nitrogen and oxygen atoms in total. The lowest BCUT2D eigenvalue weighted by molar-refractivity contribution is 0.0950. The first-order valence-corrected chi connectivity index (χ1v) is 6.67. The quantitative estimate of drug-likeness (QED) is 0.839. The molecule has 1 aromatic carbocycles. The number of pyridine rings is 1. The van der Waals surface area contributed by atoms with Crippen LogP contribution in [0.2, 0.25) is 0 Å². The average Bonchev–Trinajstić information content (AvgIpc) is 2.52. The minimum absolute atomic E-state index is 0.165. The molecule has 0 radical (unpaired) electrons. The number of hydrogen-bond donors (Lipinski definition) is 2. The maximum atomic E-state index is 12.1. The standard InChI is InChI=1S/C17H17N3O/c1-13-5-2-3-7-15(13)12-20-17(21)16-9-14(6-4-8-18)10-19-11-16/h2-3,5,7,9-11H,8,12,18H2,1H3,(H,20,21). The predicted molar refractivity (Wildman–Crippen MR) is 82.5 cm³/mol. The molecule has 0 fully saturated rings. The molecule has 0 spiro atoms. The van der Waals surface area contributed by atoms with Gasteiger partial charge in [-0.05, 0) is 24.1 Å². The van der Waals surface area contributed by atoms with Gasteiger partial charge in [0.2, 0.25) is 0 Å². The lowest BCUT2D eigenvalue weighted by atomic mass is 10.1. The number of nitrogens with two attached hydrogens (primary N) is 1. The van der Waals surface area contributed by atoms with Gasteiger partial charge in [0.1, 0.15) is 0 Å². The molecular formula is C17H17N3O. The lowest BCUT2D eigenvalue weighted by Gasteiger charge is -2.07. The Balaban J connectivity index is 2.05. The molecule has 106 valence electrons. The van der Waals surface area contributed by atoms with Crippen LogP contribution in [0, 0.1) is 18.8 Å². The van der Waals surface area contributed by atoms with E-state index in [0.717, 1.165) is 11.1 Å². The molecule has 0 bridgehead atoms. The normalized spacial score (nSPS) is 9.62. The van der Waals surface area contributed by atoms with Crippen molar-refractivity contribution < 1.29 is 4.79 Å². The van der Waals surface area contributed by atoms with Crippen molar-refractivity contribution in [3.8, 4) is 11.8 Å². The van der Waals surface area contributed by atoms with Gasteiger partial charge in [0.15, 0.2) is 0 Å².